The highest BCUT2D eigenvalue weighted by molar-refractivity contribution is 5.93. The van der Waals surface area contributed by atoms with Crippen molar-refractivity contribution in [1.82, 2.24) is 0 Å². The number of carboxylic acid groups (broad SMARTS) is 1. The number of benzene rings is 1. The second kappa shape index (κ2) is 4.55. The van der Waals surface area contributed by atoms with E-state index >= 15 is 0 Å². The molecule has 1 unspecified atom stereocenters. The van der Waals surface area contributed by atoms with E-state index in [-0.39, 0.29) is 0 Å². The molecule has 2 N–H and O–H groups in total. The Hall–Kier alpha value is -1.87. The number of carbonyl (C=O) groups is 1. The average Bonchev–Trinajstić information content (AvgIpc) is 2.39. The predicted molar refractivity (Wildman–Crippen MR) is 65.3 cm³/mol. The summed E-state index contributed by atoms with van der Waals surface area (Å²) in [6.45, 7) is -0.395. The molecule has 1 aliphatic rings. The lowest BCUT2D eigenvalue weighted by molar-refractivity contribution is -0.147. The maximum absolute atomic E-state index is 11.5. The molecule has 1 aliphatic carbocycles. The quantitative estimate of drug-likeness (QED) is 0.836. The minimum Gasteiger partial charge on any atom is -0.481 e. The Morgan fingerprint density at radius 3 is 2.59 bits per heavy atom. The van der Waals surface area contributed by atoms with Crippen molar-refractivity contribution in [2.75, 3.05) is 6.61 Å². The van der Waals surface area contributed by atoms with Crippen LogP contribution in [0, 0.1) is 5.41 Å². The molecule has 0 aromatic heterocycles. The number of aliphatic carboxylic acids is 1. The number of carboxylic acids is 1. The van der Waals surface area contributed by atoms with Crippen LogP contribution in [0.4, 0.5) is 0 Å². The fourth-order valence-corrected chi connectivity index (χ4v) is 2.11. The molecule has 0 fully saturated rings. The molecule has 0 saturated carbocycles. The second-order valence-corrected chi connectivity index (χ2v) is 4.12. The van der Waals surface area contributed by atoms with Crippen molar-refractivity contribution in [1.29, 1.82) is 0 Å². The smallest absolute Gasteiger partial charge is 0.316 e. The van der Waals surface area contributed by atoms with Crippen LogP contribution in [0.3, 0.4) is 0 Å². The standard InChI is InChI=1S/C14H14O3/c15-10-14(13(16)17)9-5-4-8-12(14)11-6-2-1-3-7-11/h1-8,15H,9-10H2,(H,16,17). The zero-order valence-corrected chi connectivity index (χ0v) is 9.34. The van der Waals surface area contributed by atoms with Gasteiger partial charge in [0.05, 0.1) is 6.61 Å². The summed E-state index contributed by atoms with van der Waals surface area (Å²) in [5.41, 5.74) is 0.291. The van der Waals surface area contributed by atoms with Crippen LogP contribution in [0.15, 0.2) is 48.6 Å². The van der Waals surface area contributed by atoms with E-state index in [0.717, 1.165) is 5.56 Å². The molecule has 0 amide bonds. The summed E-state index contributed by atoms with van der Waals surface area (Å²) in [6, 6.07) is 9.32. The molecule has 0 saturated heterocycles. The Labute approximate surface area is 99.7 Å². The largest absolute Gasteiger partial charge is 0.481 e. The fourth-order valence-electron chi connectivity index (χ4n) is 2.11. The highest BCUT2D eigenvalue weighted by Crippen LogP contribution is 2.41. The lowest BCUT2D eigenvalue weighted by Crippen LogP contribution is -2.36. The van der Waals surface area contributed by atoms with Gasteiger partial charge in [0.15, 0.2) is 0 Å². The van der Waals surface area contributed by atoms with Crippen LogP contribution in [0.2, 0.25) is 0 Å². The van der Waals surface area contributed by atoms with E-state index in [2.05, 4.69) is 0 Å². The molecule has 0 aliphatic heterocycles. The lowest BCUT2D eigenvalue weighted by atomic mass is 9.72. The molecule has 0 bridgehead atoms. The van der Waals surface area contributed by atoms with E-state index < -0.39 is 18.0 Å². The van der Waals surface area contributed by atoms with Crippen LogP contribution in [0.5, 0.6) is 0 Å². The van der Waals surface area contributed by atoms with Crippen molar-refractivity contribution in [2.24, 2.45) is 5.41 Å². The number of aliphatic hydroxyl groups excluding tert-OH is 1. The SMILES string of the molecule is O=C(O)C1(CO)CC=CC=C1c1ccccc1. The van der Waals surface area contributed by atoms with E-state index in [1.807, 2.05) is 36.4 Å². The number of allylic oxidation sites excluding steroid dienone is 3. The molecule has 3 nitrogen and oxygen atoms in total. The van der Waals surface area contributed by atoms with Gasteiger partial charge in [-0.1, -0.05) is 48.6 Å². The zero-order chi connectivity index (χ0) is 12.3. The molecule has 2 rings (SSSR count). The molecular weight excluding hydrogens is 216 g/mol. The van der Waals surface area contributed by atoms with Gasteiger partial charge in [0, 0.05) is 0 Å². The van der Waals surface area contributed by atoms with Gasteiger partial charge >= 0.3 is 5.97 Å². The van der Waals surface area contributed by atoms with Gasteiger partial charge in [-0.05, 0) is 17.6 Å². The maximum atomic E-state index is 11.5. The number of aliphatic hydroxyl groups is 1. The Balaban J connectivity index is 2.52. The summed E-state index contributed by atoms with van der Waals surface area (Å²) in [5.74, 6) is -0.987. The van der Waals surface area contributed by atoms with E-state index in [1.165, 1.54) is 0 Å². The van der Waals surface area contributed by atoms with Gasteiger partial charge in [0.1, 0.15) is 5.41 Å². The highest BCUT2D eigenvalue weighted by Gasteiger charge is 2.42. The molecule has 88 valence electrons. The third-order valence-electron chi connectivity index (χ3n) is 3.14. The first-order valence-corrected chi connectivity index (χ1v) is 5.48. The summed E-state index contributed by atoms with van der Waals surface area (Å²) in [5, 5.41) is 18.9. The van der Waals surface area contributed by atoms with Crippen molar-refractivity contribution >= 4 is 11.5 Å². The maximum Gasteiger partial charge on any atom is 0.316 e. The molecule has 1 aromatic carbocycles. The molecule has 0 heterocycles. The predicted octanol–water partition coefficient (Wildman–Crippen LogP) is 2.09. The van der Waals surface area contributed by atoms with Gasteiger partial charge in [-0.25, -0.2) is 0 Å². The van der Waals surface area contributed by atoms with Crippen molar-refractivity contribution in [3.05, 3.63) is 54.1 Å². The minimum atomic E-state index is -1.21. The summed E-state index contributed by atoms with van der Waals surface area (Å²) in [4.78, 5) is 11.5. The second-order valence-electron chi connectivity index (χ2n) is 4.12. The van der Waals surface area contributed by atoms with Gasteiger partial charge in [-0.15, -0.1) is 0 Å². The third-order valence-corrected chi connectivity index (χ3v) is 3.14. The van der Waals surface area contributed by atoms with E-state index in [4.69, 9.17) is 0 Å². The molecular formula is C14H14O3. The monoisotopic (exact) mass is 230 g/mol. The van der Waals surface area contributed by atoms with Crippen LogP contribution in [-0.2, 0) is 4.79 Å². The van der Waals surface area contributed by atoms with Crippen molar-refractivity contribution < 1.29 is 15.0 Å². The van der Waals surface area contributed by atoms with E-state index in [9.17, 15) is 15.0 Å². The molecule has 0 radical (unpaired) electrons. The molecule has 0 spiro atoms. The van der Waals surface area contributed by atoms with Gasteiger partial charge < -0.3 is 10.2 Å². The molecule has 1 aromatic rings. The molecule has 17 heavy (non-hydrogen) atoms. The summed E-state index contributed by atoms with van der Waals surface area (Å²) in [6.07, 6.45) is 5.69. The van der Waals surface area contributed by atoms with E-state index in [0.29, 0.717) is 12.0 Å². The number of hydrogen-bond acceptors (Lipinski definition) is 2. The van der Waals surface area contributed by atoms with Gasteiger partial charge in [0.25, 0.3) is 0 Å². The normalized spacial score (nSPS) is 23.2. The van der Waals surface area contributed by atoms with Crippen molar-refractivity contribution in [2.45, 2.75) is 6.42 Å². The van der Waals surface area contributed by atoms with Crippen LogP contribution >= 0.6 is 0 Å². The first-order valence-electron chi connectivity index (χ1n) is 5.48. The summed E-state index contributed by atoms with van der Waals surface area (Å²) in [7, 11) is 0. The van der Waals surface area contributed by atoms with Gasteiger partial charge in [0.2, 0.25) is 0 Å². The Bertz CT molecular complexity index is 474. The van der Waals surface area contributed by atoms with Gasteiger partial charge in [-0.3, -0.25) is 4.79 Å². The van der Waals surface area contributed by atoms with E-state index in [1.54, 1.807) is 12.2 Å². The number of hydrogen-bond donors (Lipinski definition) is 2. The first-order chi connectivity index (χ1) is 8.20. The minimum absolute atomic E-state index is 0.319. The number of rotatable bonds is 3. The van der Waals surface area contributed by atoms with Crippen molar-refractivity contribution in [3.63, 3.8) is 0 Å². The average molecular weight is 230 g/mol. The molecule has 3 heteroatoms. The first kappa shape index (κ1) is 11.6. The van der Waals surface area contributed by atoms with Crippen LogP contribution in [0.25, 0.3) is 5.57 Å². The van der Waals surface area contributed by atoms with Crippen LogP contribution in [-0.4, -0.2) is 22.8 Å². The van der Waals surface area contributed by atoms with Crippen molar-refractivity contribution in [3.8, 4) is 0 Å². The lowest BCUT2D eigenvalue weighted by Gasteiger charge is -2.31. The fraction of sp³-hybridized carbons (Fsp3) is 0.214. The van der Waals surface area contributed by atoms with Gasteiger partial charge in [-0.2, -0.15) is 0 Å². The van der Waals surface area contributed by atoms with Crippen LogP contribution < -0.4 is 0 Å². The molecule has 1 atom stereocenters. The summed E-state index contributed by atoms with van der Waals surface area (Å²) < 4.78 is 0. The Morgan fingerprint density at radius 2 is 2.00 bits per heavy atom. The highest BCUT2D eigenvalue weighted by atomic mass is 16.4. The Kier molecular flexibility index (Phi) is 3.11. The summed E-state index contributed by atoms with van der Waals surface area (Å²) >= 11 is 0. The third kappa shape index (κ3) is 1.89. The Morgan fingerprint density at radius 1 is 1.29 bits per heavy atom. The topological polar surface area (TPSA) is 57.5 Å². The zero-order valence-electron chi connectivity index (χ0n) is 9.34. The van der Waals surface area contributed by atoms with Crippen LogP contribution in [0.1, 0.15) is 12.0 Å².